The van der Waals surface area contributed by atoms with Gasteiger partial charge in [0.2, 0.25) is 0 Å². The van der Waals surface area contributed by atoms with Crippen LogP contribution in [0.5, 0.6) is 0 Å². The van der Waals surface area contributed by atoms with Gasteiger partial charge in [0.25, 0.3) is 0 Å². The molecule has 0 aliphatic rings. The van der Waals surface area contributed by atoms with Gasteiger partial charge < -0.3 is 8.98 Å². The van der Waals surface area contributed by atoms with Gasteiger partial charge >= 0.3 is 0 Å². The summed E-state index contributed by atoms with van der Waals surface area (Å²) in [5.74, 6) is 1.77. The van der Waals surface area contributed by atoms with Crippen molar-refractivity contribution in [1.82, 2.24) is 19.5 Å². The normalized spacial score (nSPS) is 12.2. The number of fused-ring (bicyclic) bond motifs is 15. The van der Waals surface area contributed by atoms with Crippen LogP contribution in [-0.2, 0) is 0 Å². The van der Waals surface area contributed by atoms with E-state index in [2.05, 4.69) is 211 Å². The maximum Gasteiger partial charge on any atom is 0.166 e. The molecule has 0 saturated heterocycles. The highest BCUT2D eigenvalue weighted by Crippen LogP contribution is 2.46. The van der Waals surface area contributed by atoms with E-state index in [4.69, 9.17) is 19.4 Å². The van der Waals surface area contributed by atoms with Crippen LogP contribution in [0.25, 0.3) is 147 Å². The summed E-state index contributed by atoms with van der Waals surface area (Å²) in [4.78, 5) is 16.4. The van der Waals surface area contributed by atoms with E-state index in [1.54, 1.807) is 11.3 Å². The molecule has 67 heavy (non-hydrogen) atoms. The number of thiophene rings is 1. The Morgan fingerprint density at radius 2 is 0.910 bits per heavy atom. The summed E-state index contributed by atoms with van der Waals surface area (Å²) in [5, 5.41) is 15.9. The minimum atomic E-state index is 0.558. The van der Waals surface area contributed by atoms with Gasteiger partial charge in [-0.3, -0.25) is 0 Å². The highest BCUT2D eigenvalue weighted by Gasteiger charge is 2.26. The van der Waals surface area contributed by atoms with Crippen molar-refractivity contribution in [3.63, 3.8) is 0 Å². The number of hydrogen-bond donors (Lipinski definition) is 0. The van der Waals surface area contributed by atoms with E-state index in [-0.39, 0.29) is 0 Å². The largest absolute Gasteiger partial charge is 0.453 e. The number of rotatable bonds is 4. The summed E-state index contributed by atoms with van der Waals surface area (Å²) in [6, 6.07) is 73.8. The van der Waals surface area contributed by atoms with Crippen LogP contribution in [0.1, 0.15) is 0 Å². The van der Waals surface area contributed by atoms with Gasteiger partial charge in [0.05, 0.1) is 11.0 Å². The molecule has 0 fully saturated rings. The van der Waals surface area contributed by atoms with E-state index in [0.717, 1.165) is 104 Å². The van der Waals surface area contributed by atoms with Crippen LogP contribution in [0, 0.1) is 0 Å². The van der Waals surface area contributed by atoms with Crippen molar-refractivity contribution in [3.05, 3.63) is 206 Å². The fourth-order valence-electron chi connectivity index (χ4n) is 10.7. The second kappa shape index (κ2) is 13.9. The summed E-state index contributed by atoms with van der Waals surface area (Å²) in [6.07, 6.45) is 0. The molecule has 0 spiro atoms. The van der Waals surface area contributed by atoms with Gasteiger partial charge in [0, 0.05) is 69.2 Å². The Hall–Kier alpha value is -8.71. The zero-order chi connectivity index (χ0) is 43.7. The predicted molar refractivity (Wildman–Crippen MR) is 281 cm³/mol. The topological polar surface area (TPSA) is 56.7 Å². The average molecular weight is 871 g/mol. The molecular weight excluding hydrogens is 837 g/mol. The van der Waals surface area contributed by atoms with E-state index >= 15 is 0 Å². The molecule has 0 bridgehead atoms. The lowest BCUT2D eigenvalue weighted by Crippen LogP contribution is -2.04. The van der Waals surface area contributed by atoms with Gasteiger partial charge in [-0.1, -0.05) is 164 Å². The first-order chi connectivity index (χ1) is 33.2. The molecule has 4 heterocycles. The van der Waals surface area contributed by atoms with Crippen molar-refractivity contribution in [2.75, 3.05) is 0 Å². The first-order valence-electron chi connectivity index (χ1n) is 22.6. The molecule has 0 saturated carbocycles. The molecule has 15 rings (SSSR count). The average Bonchev–Trinajstić information content (AvgIpc) is 4.07. The summed E-state index contributed by atoms with van der Waals surface area (Å²) >= 11 is 1.80. The quantitative estimate of drug-likeness (QED) is 0.177. The lowest BCUT2D eigenvalue weighted by atomic mass is 10.0. The molecule has 0 amide bonds. The Labute approximate surface area is 386 Å². The number of aromatic nitrogens is 4. The Morgan fingerprint density at radius 3 is 1.73 bits per heavy atom. The lowest BCUT2D eigenvalue weighted by molar-refractivity contribution is 0.670. The molecule has 0 N–H and O–H groups in total. The van der Waals surface area contributed by atoms with E-state index in [1.165, 1.54) is 25.6 Å². The molecule has 6 heteroatoms. The Balaban J connectivity index is 1.11. The van der Waals surface area contributed by atoms with Crippen LogP contribution < -0.4 is 0 Å². The van der Waals surface area contributed by atoms with Crippen molar-refractivity contribution in [1.29, 1.82) is 0 Å². The second-order valence-electron chi connectivity index (χ2n) is 17.5. The van der Waals surface area contributed by atoms with Gasteiger partial charge in [0.1, 0.15) is 11.3 Å². The molecule has 4 aromatic heterocycles. The molecule has 15 aromatic rings. The third-order valence-corrected chi connectivity index (χ3v) is 14.9. The van der Waals surface area contributed by atoms with Crippen molar-refractivity contribution >= 4 is 118 Å². The predicted octanol–water partition coefficient (Wildman–Crippen LogP) is 16.8. The zero-order valence-corrected chi connectivity index (χ0v) is 36.6. The summed E-state index contributed by atoms with van der Waals surface area (Å²) in [5.41, 5.74) is 7.38. The highest BCUT2D eigenvalue weighted by molar-refractivity contribution is 7.25. The van der Waals surface area contributed by atoms with Crippen LogP contribution >= 0.6 is 11.3 Å². The van der Waals surface area contributed by atoms with Crippen LogP contribution in [0.2, 0.25) is 0 Å². The van der Waals surface area contributed by atoms with Crippen LogP contribution in [-0.4, -0.2) is 19.5 Å². The maximum absolute atomic E-state index is 7.35. The smallest absolute Gasteiger partial charge is 0.166 e. The summed E-state index contributed by atoms with van der Waals surface area (Å²) in [6.45, 7) is 0. The van der Waals surface area contributed by atoms with Crippen molar-refractivity contribution in [2.24, 2.45) is 0 Å². The fourth-order valence-corrected chi connectivity index (χ4v) is 11.8. The molecule has 0 aliphatic carbocycles. The number of benzene rings is 11. The van der Waals surface area contributed by atoms with E-state index < -0.39 is 0 Å². The molecule has 5 nitrogen and oxygen atoms in total. The minimum absolute atomic E-state index is 0.558. The van der Waals surface area contributed by atoms with Crippen molar-refractivity contribution < 1.29 is 4.42 Å². The number of furan rings is 1. The number of nitrogens with zero attached hydrogens (tertiary/aromatic N) is 4. The van der Waals surface area contributed by atoms with Gasteiger partial charge in [-0.15, -0.1) is 11.3 Å². The maximum atomic E-state index is 7.35. The van der Waals surface area contributed by atoms with E-state index in [9.17, 15) is 0 Å². The van der Waals surface area contributed by atoms with Crippen molar-refractivity contribution in [2.45, 2.75) is 0 Å². The van der Waals surface area contributed by atoms with Crippen LogP contribution in [0.4, 0.5) is 0 Å². The summed E-state index contributed by atoms with van der Waals surface area (Å²) < 4.78 is 12.2. The fraction of sp³-hybridized carbons (Fsp3) is 0. The Kier molecular flexibility index (Phi) is 7.59. The lowest BCUT2D eigenvalue weighted by Gasteiger charge is -2.16. The van der Waals surface area contributed by atoms with E-state index in [0.29, 0.717) is 17.5 Å². The van der Waals surface area contributed by atoms with Crippen molar-refractivity contribution in [3.8, 4) is 39.9 Å². The van der Waals surface area contributed by atoms with Gasteiger partial charge in [-0.25, -0.2) is 15.0 Å². The molecule has 11 aromatic carbocycles. The second-order valence-corrected chi connectivity index (χ2v) is 18.6. The van der Waals surface area contributed by atoms with Gasteiger partial charge in [-0.05, 0) is 74.8 Å². The summed E-state index contributed by atoms with van der Waals surface area (Å²) in [7, 11) is 0. The molecule has 0 radical (unpaired) electrons. The Bertz CT molecular complexity index is 4590. The molecular formula is C61H34N4OS. The van der Waals surface area contributed by atoms with Gasteiger partial charge in [-0.2, -0.15) is 0 Å². The molecule has 0 unspecified atom stereocenters. The molecule has 310 valence electrons. The first-order valence-corrected chi connectivity index (χ1v) is 23.4. The monoisotopic (exact) mass is 870 g/mol. The molecule has 0 atom stereocenters. The zero-order valence-electron chi connectivity index (χ0n) is 35.7. The standard InChI is InChI=1S/C61H34N4OS/c1-2-16-39-33-52-51(32-38(39)15-1)46-28-24-36-13-4-7-19-42(36)55(46)65(52)56-50(31-30-48-47-29-25-37-14-5-8-20-43(37)57(47)66-58(48)56)61-63-59(40-26-27-45-44-21-9-10-23-53(44)67-54(45)34-40)62-60(64-61)49-22-11-17-35-12-3-6-18-41(35)49/h1-34H. The highest BCUT2D eigenvalue weighted by atomic mass is 32.1. The minimum Gasteiger partial charge on any atom is -0.453 e. The van der Waals surface area contributed by atoms with E-state index in [1.807, 2.05) is 0 Å². The SMILES string of the molecule is c1ccc2cc3c(cc2c1)c1ccc2ccccc2c1n3-c1c(-c2nc(-c3ccc4c(c3)sc3ccccc34)nc(-c3cccc4ccccc34)n2)ccc2c1oc1c3ccccc3ccc21. The third-order valence-electron chi connectivity index (χ3n) is 13.8. The third kappa shape index (κ3) is 5.39. The first kappa shape index (κ1) is 36.6. The molecule has 0 aliphatic heterocycles. The van der Waals surface area contributed by atoms with Crippen LogP contribution in [0.15, 0.2) is 211 Å². The Morgan fingerprint density at radius 1 is 0.343 bits per heavy atom. The van der Waals surface area contributed by atoms with Crippen LogP contribution in [0.3, 0.4) is 0 Å². The van der Waals surface area contributed by atoms with Gasteiger partial charge in [0.15, 0.2) is 23.1 Å². The number of hydrogen-bond acceptors (Lipinski definition) is 5.